The van der Waals surface area contributed by atoms with Crippen LogP contribution in [0.25, 0.3) is 33.4 Å². The Morgan fingerprint density at radius 3 is 2.69 bits per heavy atom. The van der Waals surface area contributed by atoms with Crippen LogP contribution >= 0.6 is 0 Å². The number of aliphatic hydroxyl groups is 1. The molecule has 8 nitrogen and oxygen atoms in total. The molecule has 0 spiro atoms. The molecule has 9 heteroatoms. The van der Waals surface area contributed by atoms with Crippen molar-refractivity contribution in [3.63, 3.8) is 0 Å². The molecule has 0 radical (unpaired) electrons. The molecule has 4 N–H and O–H groups in total. The largest absolute Gasteiger partial charge is 0.379 e. The highest BCUT2D eigenvalue weighted by atomic mass is 19.1. The summed E-state index contributed by atoms with van der Waals surface area (Å²) in [5, 5.41) is 16.2. The first-order valence-corrected chi connectivity index (χ1v) is 9.92. The highest BCUT2D eigenvalue weighted by molar-refractivity contribution is 5.95. The maximum Gasteiger partial charge on any atom is 0.220 e. The number of benzene rings is 1. The topological polar surface area (TPSA) is 119 Å². The van der Waals surface area contributed by atoms with Gasteiger partial charge in [-0.25, -0.2) is 19.3 Å². The summed E-state index contributed by atoms with van der Waals surface area (Å²) in [6.07, 6.45) is 7.21. The number of pyridine rings is 1. The molecule has 0 saturated heterocycles. The normalized spacial score (nSPS) is 13.4. The zero-order chi connectivity index (χ0) is 22.5. The summed E-state index contributed by atoms with van der Waals surface area (Å²) in [4.78, 5) is 16.2. The van der Waals surface area contributed by atoms with Crippen LogP contribution in [0, 0.1) is 5.82 Å². The van der Waals surface area contributed by atoms with E-state index < -0.39 is 11.4 Å². The van der Waals surface area contributed by atoms with Gasteiger partial charge in [-0.2, -0.15) is 5.10 Å². The molecular formula is C23H20FN7O. The third kappa shape index (κ3) is 3.28. The summed E-state index contributed by atoms with van der Waals surface area (Å²) >= 11 is 0. The molecule has 0 aliphatic carbocycles. The summed E-state index contributed by atoms with van der Waals surface area (Å²) in [6, 6.07) is 9.63. The average molecular weight is 429 g/mol. The lowest BCUT2D eigenvalue weighted by atomic mass is 9.91. The van der Waals surface area contributed by atoms with Crippen LogP contribution in [0.5, 0.6) is 0 Å². The maximum atomic E-state index is 14.4. The van der Waals surface area contributed by atoms with E-state index in [2.05, 4.69) is 25.0 Å². The number of anilines is 1. The molecule has 160 valence electrons. The van der Waals surface area contributed by atoms with E-state index >= 15 is 0 Å². The molecule has 0 amide bonds. The number of hydrogen-bond acceptors (Lipinski definition) is 6. The predicted molar refractivity (Wildman–Crippen MR) is 119 cm³/mol. The summed E-state index contributed by atoms with van der Waals surface area (Å²) in [7, 11) is 1.85. The van der Waals surface area contributed by atoms with E-state index in [4.69, 9.17) is 5.73 Å². The lowest BCUT2D eigenvalue weighted by molar-refractivity contribution is 0.0933. The smallest absolute Gasteiger partial charge is 0.220 e. The van der Waals surface area contributed by atoms with Gasteiger partial charge in [-0.1, -0.05) is 18.2 Å². The second-order valence-electron chi connectivity index (χ2n) is 7.77. The van der Waals surface area contributed by atoms with Crippen molar-refractivity contribution in [1.29, 1.82) is 0 Å². The highest BCUT2D eigenvalue weighted by Gasteiger charge is 2.31. The van der Waals surface area contributed by atoms with Gasteiger partial charge in [-0.3, -0.25) is 4.68 Å². The summed E-state index contributed by atoms with van der Waals surface area (Å²) < 4.78 is 16.1. The van der Waals surface area contributed by atoms with Gasteiger partial charge in [0.1, 0.15) is 17.1 Å². The second kappa shape index (κ2) is 7.24. The maximum absolute atomic E-state index is 14.4. The Bertz CT molecular complexity index is 1450. The molecule has 5 aromatic rings. The van der Waals surface area contributed by atoms with Crippen molar-refractivity contribution in [3.8, 4) is 22.4 Å². The number of H-pyrrole nitrogens is 1. The van der Waals surface area contributed by atoms with Crippen molar-refractivity contribution >= 4 is 17.0 Å². The molecule has 0 aliphatic rings. The van der Waals surface area contributed by atoms with Gasteiger partial charge in [0.05, 0.1) is 17.6 Å². The monoisotopic (exact) mass is 429 g/mol. The molecule has 1 unspecified atom stereocenters. The molecular weight excluding hydrogens is 409 g/mol. The molecule has 0 saturated carbocycles. The standard InChI is InChI=1S/C23H20FN7O/c1-23(32,17-5-3-4-6-18(17)24)20-8-19(29-22(25)30-20)16-11-27-21-15(16)7-13(9-26-21)14-10-28-31(2)12-14/h3-12,32H,1-2H3,(H,26,27)(H2,25,29,30). The van der Waals surface area contributed by atoms with E-state index in [1.165, 1.54) is 19.1 Å². The summed E-state index contributed by atoms with van der Waals surface area (Å²) in [6.45, 7) is 1.48. The molecule has 1 aromatic carbocycles. The Kier molecular flexibility index (Phi) is 4.49. The van der Waals surface area contributed by atoms with Crippen LogP contribution in [0.3, 0.4) is 0 Å². The number of nitrogens with two attached hydrogens (primary N) is 1. The quantitative estimate of drug-likeness (QED) is 0.403. The molecule has 4 heterocycles. The number of aromatic nitrogens is 6. The van der Waals surface area contributed by atoms with Crippen LogP contribution in [0.2, 0.25) is 0 Å². The molecule has 0 bridgehead atoms. The number of nitrogen functional groups attached to an aromatic ring is 1. The van der Waals surface area contributed by atoms with Crippen LogP contribution in [-0.2, 0) is 12.6 Å². The second-order valence-corrected chi connectivity index (χ2v) is 7.77. The highest BCUT2D eigenvalue weighted by Crippen LogP contribution is 2.34. The number of halogens is 1. The molecule has 4 aromatic heterocycles. The van der Waals surface area contributed by atoms with Crippen LogP contribution in [0.1, 0.15) is 18.2 Å². The predicted octanol–water partition coefficient (Wildman–Crippen LogP) is 3.40. The van der Waals surface area contributed by atoms with Crippen molar-refractivity contribution in [2.24, 2.45) is 7.05 Å². The van der Waals surface area contributed by atoms with E-state index in [0.717, 1.165) is 22.1 Å². The van der Waals surface area contributed by atoms with Gasteiger partial charge in [0, 0.05) is 53.3 Å². The third-order valence-electron chi connectivity index (χ3n) is 5.49. The zero-order valence-corrected chi connectivity index (χ0v) is 17.4. The number of aromatic amines is 1. The minimum absolute atomic E-state index is 0.0279. The van der Waals surface area contributed by atoms with Crippen LogP contribution in [0.15, 0.2) is 61.2 Å². The number of rotatable bonds is 4. The first-order chi connectivity index (χ1) is 15.3. The van der Waals surface area contributed by atoms with Crippen LogP contribution < -0.4 is 5.73 Å². The Morgan fingerprint density at radius 2 is 1.94 bits per heavy atom. The molecule has 0 fully saturated rings. The van der Waals surface area contributed by atoms with Gasteiger partial charge in [0.25, 0.3) is 0 Å². The van der Waals surface area contributed by atoms with E-state index in [-0.39, 0.29) is 17.2 Å². The van der Waals surface area contributed by atoms with Crippen LogP contribution in [-0.4, -0.2) is 34.8 Å². The summed E-state index contributed by atoms with van der Waals surface area (Å²) in [5.41, 5.74) is 8.29. The van der Waals surface area contributed by atoms with Crippen molar-refractivity contribution < 1.29 is 9.50 Å². The van der Waals surface area contributed by atoms with E-state index in [9.17, 15) is 9.50 Å². The van der Waals surface area contributed by atoms with Crippen molar-refractivity contribution in [2.75, 3.05) is 5.73 Å². The van der Waals surface area contributed by atoms with Gasteiger partial charge in [0.2, 0.25) is 5.95 Å². The number of fused-ring (bicyclic) bond motifs is 1. The Balaban J connectivity index is 1.64. The van der Waals surface area contributed by atoms with Gasteiger partial charge in [0.15, 0.2) is 0 Å². The fourth-order valence-corrected chi connectivity index (χ4v) is 3.79. The SMILES string of the molecule is Cn1cc(-c2cnc3[nH]cc(-c4cc(C(C)(O)c5ccccc5F)nc(N)n4)c3c2)cn1. The number of aryl methyl sites for hydroxylation is 1. The molecule has 0 aliphatic heterocycles. The Morgan fingerprint density at radius 1 is 1.12 bits per heavy atom. The number of nitrogens with one attached hydrogen (secondary N) is 1. The average Bonchev–Trinajstić information content (AvgIpc) is 3.39. The lowest BCUT2D eigenvalue weighted by Gasteiger charge is -2.24. The molecule has 1 atom stereocenters. The van der Waals surface area contributed by atoms with Gasteiger partial charge >= 0.3 is 0 Å². The molecule has 5 rings (SSSR count). The minimum atomic E-state index is -1.71. The number of hydrogen-bond donors (Lipinski definition) is 3. The Labute approximate surface area is 182 Å². The minimum Gasteiger partial charge on any atom is -0.379 e. The van der Waals surface area contributed by atoms with Gasteiger partial charge < -0.3 is 15.8 Å². The van der Waals surface area contributed by atoms with Gasteiger partial charge in [-0.05, 0) is 25.1 Å². The zero-order valence-electron chi connectivity index (χ0n) is 17.4. The van der Waals surface area contributed by atoms with Crippen molar-refractivity contribution in [1.82, 2.24) is 29.7 Å². The van der Waals surface area contributed by atoms with Crippen LogP contribution in [0.4, 0.5) is 10.3 Å². The third-order valence-corrected chi connectivity index (χ3v) is 5.49. The lowest BCUT2D eigenvalue weighted by Crippen LogP contribution is -2.26. The van der Waals surface area contributed by atoms with Crippen molar-refractivity contribution in [2.45, 2.75) is 12.5 Å². The van der Waals surface area contributed by atoms with E-state index in [0.29, 0.717) is 11.3 Å². The first-order valence-electron chi connectivity index (χ1n) is 9.92. The van der Waals surface area contributed by atoms with Gasteiger partial charge in [-0.15, -0.1) is 0 Å². The first kappa shape index (κ1) is 19.8. The van der Waals surface area contributed by atoms with E-state index in [1.54, 1.807) is 41.5 Å². The number of nitrogens with zero attached hydrogens (tertiary/aromatic N) is 5. The fourth-order valence-electron chi connectivity index (χ4n) is 3.79. The summed E-state index contributed by atoms with van der Waals surface area (Å²) in [5.74, 6) is -0.562. The van der Waals surface area contributed by atoms with E-state index in [1.807, 2.05) is 19.3 Å². The molecule has 32 heavy (non-hydrogen) atoms. The van der Waals surface area contributed by atoms with Crippen molar-refractivity contribution in [3.05, 3.63) is 78.3 Å². The Hall–Kier alpha value is -4.11. The fraction of sp³-hybridized carbons (Fsp3) is 0.130.